The number of nitrogens with zero attached hydrogens (tertiary/aromatic N) is 3. The minimum Gasteiger partial charge on any atom is -0.473 e. The summed E-state index contributed by atoms with van der Waals surface area (Å²) in [5.41, 5.74) is -1.37. The van der Waals surface area contributed by atoms with Gasteiger partial charge in [0.25, 0.3) is 0 Å². The summed E-state index contributed by atoms with van der Waals surface area (Å²) < 4.78 is 122. The second-order valence-corrected chi connectivity index (χ2v) is 9.19. The maximum atomic E-state index is 14.7. The number of anilines is 1. The van der Waals surface area contributed by atoms with E-state index >= 15 is 0 Å². The van der Waals surface area contributed by atoms with Crippen LogP contribution in [0.2, 0.25) is 0 Å². The average molecular weight is 590 g/mol. The molecule has 4 aromatic rings. The molecule has 0 saturated heterocycles. The lowest BCUT2D eigenvalue weighted by Gasteiger charge is -2.14. The highest BCUT2D eigenvalue weighted by molar-refractivity contribution is 7.86. The molecule has 4 rings (SSSR count). The van der Waals surface area contributed by atoms with Crippen LogP contribution in [0.1, 0.15) is 16.9 Å². The van der Waals surface area contributed by atoms with Crippen molar-refractivity contribution in [1.82, 2.24) is 15.0 Å². The van der Waals surface area contributed by atoms with Crippen LogP contribution < -0.4 is 14.2 Å². The fraction of sp³-hybridized carbons (Fsp3) is 0.208. The van der Waals surface area contributed by atoms with Crippen LogP contribution in [0.3, 0.4) is 0 Å². The molecule has 3 aromatic heterocycles. The van der Waals surface area contributed by atoms with Crippen molar-refractivity contribution in [3.8, 4) is 23.0 Å². The van der Waals surface area contributed by atoms with Gasteiger partial charge in [0.05, 0.1) is 11.8 Å². The van der Waals surface area contributed by atoms with Gasteiger partial charge in [0.1, 0.15) is 47.2 Å². The number of halogens is 7. The second kappa shape index (κ2) is 11.9. The highest BCUT2D eigenvalue weighted by atomic mass is 32.2. The first-order valence-electron chi connectivity index (χ1n) is 11.1. The molecule has 0 saturated carbocycles. The Balaban J connectivity index is 1.58. The van der Waals surface area contributed by atoms with Gasteiger partial charge < -0.3 is 13.9 Å². The molecule has 0 aliphatic rings. The van der Waals surface area contributed by atoms with Crippen LogP contribution in [0.15, 0.2) is 65.7 Å². The number of hydrogen-bond donors (Lipinski definition) is 1. The highest BCUT2D eigenvalue weighted by Crippen LogP contribution is 2.32. The smallest absolute Gasteiger partial charge is 0.416 e. The van der Waals surface area contributed by atoms with Crippen LogP contribution in [0, 0.1) is 5.82 Å². The van der Waals surface area contributed by atoms with Crippen molar-refractivity contribution in [2.75, 3.05) is 10.5 Å². The summed E-state index contributed by atoms with van der Waals surface area (Å²) in [5, 5.41) is 0. The maximum Gasteiger partial charge on any atom is 0.416 e. The first-order valence-corrected chi connectivity index (χ1v) is 12.4. The molecule has 0 bridgehead atoms. The SMILES string of the molecule is O=S(CC(F)(F)F)Nc1cc(-c2nc(OCc3cccc(C(F)(F)F)c3)ccc2F)cnc1OCc1cnco1. The van der Waals surface area contributed by atoms with E-state index in [1.54, 1.807) is 0 Å². The quantitative estimate of drug-likeness (QED) is 0.223. The predicted octanol–water partition coefficient (Wildman–Crippen LogP) is 6.09. The lowest BCUT2D eigenvalue weighted by molar-refractivity contribution is -0.137. The minimum absolute atomic E-state index is 0.0551. The average Bonchev–Trinajstić information content (AvgIpc) is 3.40. The third-order valence-corrected chi connectivity index (χ3v) is 5.98. The normalized spacial score (nSPS) is 12.7. The number of oxazole rings is 1. The minimum atomic E-state index is -4.75. The topological polar surface area (TPSA) is 99.4 Å². The van der Waals surface area contributed by atoms with Gasteiger partial charge in [-0.2, -0.15) is 26.3 Å². The van der Waals surface area contributed by atoms with Gasteiger partial charge >= 0.3 is 12.4 Å². The standard InChI is InChI=1S/C24H17F7N4O4S/c25-18-4-5-20(37-10-14-2-1-3-16(6-14)24(29,30)31)34-21(18)15-7-19(35-40(36)12-23(26,27)28)22(33-8-15)38-11-17-9-32-13-39-17/h1-9,13,35H,10-12H2. The summed E-state index contributed by atoms with van der Waals surface area (Å²) in [7, 11) is -2.65. The van der Waals surface area contributed by atoms with Gasteiger partial charge in [-0.1, -0.05) is 12.1 Å². The number of aromatic nitrogens is 3. The molecule has 0 fully saturated rings. The zero-order valence-corrected chi connectivity index (χ0v) is 20.7. The van der Waals surface area contributed by atoms with Crippen molar-refractivity contribution in [3.05, 3.63) is 84.0 Å². The lowest BCUT2D eigenvalue weighted by atomic mass is 10.1. The first kappa shape index (κ1) is 28.8. The third kappa shape index (κ3) is 7.91. The molecule has 1 N–H and O–H groups in total. The molecule has 0 spiro atoms. The molecular formula is C24H17F7N4O4S. The Hall–Kier alpha value is -4.21. The monoisotopic (exact) mass is 590 g/mol. The molecular weight excluding hydrogens is 573 g/mol. The van der Waals surface area contributed by atoms with Gasteiger partial charge in [-0.3, -0.25) is 4.72 Å². The molecule has 1 atom stereocenters. The van der Waals surface area contributed by atoms with E-state index in [1.807, 2.05) is 0 Å². The maximum absolute atomic E-state index is 14.7. The lowest BCUT2D eigenvalue weighted by Crippen LogP contribution is -2.23. The summed E-state index contributed by atoms with van der Waals surface area (Å²) in [6.07, 6.45) is -5.74. The summed E-state index contributed by atoms with van der Waals surface area (Å²) in [6, 6.07) is 7.65. The van der Waals surface area contributed by atoms with Crippen LogP contribution in [0.25, 0.3) is 11.3 Å². The fourth-order valence-corrected chi connectivity index (χ4v) is 3.99. The Morgan fingerprint density at radius 1 is 0.975 bits per heavy atom. The highest BCUT2D eigenvalue weighted by Gasteiger charge is 2.31. The molecule has 0 aliphatic heterocycles. The third-order valence-electron chi connectivity index (χ3n) is 4.94. The van der Waals surface area contributed by atoms with E-state index in [1.165, 1.54) is 18.3 Å². The largest absolute Gasteiger partial charge is 0.473 e. The molecule has 0 radical (unpaired) electrons. The number of benzene rings is 1. The molecule has 1 unspecified atom stereocenters. The van der Waals surface area contributed by atoms with Crippen molar-refractivity contribution in [1.29, 1.82) is 0 Å². The Labute approximate surface area is 223 Å². The van der Waals surface area contributed by atoms with Crippen LogP contribution in [0.5, 0.6) is 11.8 Å². The van der Waals surface area contributed by atoms with E-state index < -0.39 is 40.5 Å². The molecule has 0 aliphatic carbocycles. The number of nitrogens with one attached hydrogen (secondary N) is 1. The van der Waals surface area contributed by atoms with Crippen LogP contribution >= 0.6 is 0 Å². The van der Waals surface area contributed by atoms with E-state index in [0.717, 1.165) is 42.9 Å². The second-order valence-electron chi connectivity index (χ2n) is 8.01. The number of alkyl halides is 6. The van der Waals surface area contributed by atoms with Crippen molar-refractivity contribution in [2.24, 2.45) is 0 Å². The van der Waals surface area contributed by atoms with E-state index in [-0.39, 0.29) is 53.2 Å². The summed E-state index contributed by atoms with van der Waals surface area (Å²) in [4.78, 5) is 11.7. The number of hydrogen-bond acceptors (Lipinski definition) is 7. The van der Waals surface area contributed by atoms with Crippen molar-refractivity contribution < 1.29 is 48.8 Å². The number of ether oxygens (including phenoxy) is 2. The molecule has 8 nitrogen and oxygen atoms in total. The Morgan fingerprint density at radius 2 is 1.77 bits per heavy atom. The van der Waals surface area contributed by atoms with E-state index in [4.69, 9.17) is 13.9 Å². The predicted molar refractivity (Wildman–Crippen MR) is 127 cm³/mol. The zero-order valence-electron chi connectivity index (χ0n) is 19.9. The van der Waals surface area contributed by atoms with Gasteiger partial charge in [0, 0.05) is 17.8 Å². The van der Waals surface area contributed by atoms with Gasteiger partial charge in [0.2, 0.25) is 11.8 Å². The van der Waals surface area contributed by atoms with Gasteiger partial charge in [0.15, 0.2) is 12.2 Å². The van der Waals surface area contributed by atoms with Crippen LogP contribution in [0.4, 0.5) is 36.4 Å². The van der Waals surface area contributed by atoms with Gasteiger partial charge in [-0.15, -0.1) is 0 Å². The summed E-state index contributed by atoms with van der Waals surface area (Å²) >= 11 is 0. The van der Waals surface area contributed by atoms with Gasteiger partial charge in [-0.05, 0) is 29.8 Å². The van der Waals surface area contributed by atoms with Gasteiger partial charge in [-0.25, -0.2) is 23.6 Å². The Kier molecular flexibility index (Phi) is 8.56. The fourth-order valence-electron chi connectivity index (χ4n) is 3.23. The van der Waals surface area contributed by atoms with Crippen molar-refractivity contribution in [3.63, 3.8) is 0 Å². The first-order chi connectivity index (χ1) is 18.9. The summed E-state index contributed by atoms with van der Waals surface area (Å²) in [5.74, 6) is -2.73. The zero-order chi connectivity index (χ0) is 28.9. The Bertz CT molecular complexity index is 1480. The molecule has 16 heteroatoms. The molecule has 3 heterocycles. The molecule has 0 amide bonds. The van der Waals surface area contributed by atoms with E-state index in [9.17, 15) is 34.9 Å². The molecule has 212 valence electrons. The Morgan fingerprint density at radius 3 is 2.48 bits per heavy atom. The van der Waals surface area contributed by atoms with Crippen LogP contribution in [-0.4, -0.2) is 31.1 Å². The summed E-state index contributed by atoms with van der Waals surface area (Å²) in [6.45, 7) is -0.545. The van der Waals surface area contributed by atoms with E-state index in [0.29, 0.717) is 0 Å². The number of pyridine rings is 2. The van der Waals surface area contributed by atoms with Crippen molar-refractivity contribution >= 4 is 16.7 Å². The number of rotatable bonds is 10. The molecule has 1 aromatic carbocycles. The van der Waals surface area contributed by atoms with E-state index in [2.05, 4.69) is 19.7 Å². The van der Waals surface area contributed by atoms with Crippen LogP contribution in [-0.2, 0) is 30.4 Å². The molecule has 40 heavy (non-hydrogen) atoms. The van der Waals surface area contributed by atoms with Crippen molar-refractivity contribution in [2.45, 2.75) is 25.6 Å².